The first-order valence-electron chi connectivity index (χ1n) is 6.76. The molecule has 1 fully saturated rings. The number of nitrogens with one attached hydrogen (secondary N) is 2. The third-order valence-corrected chi connectivity index (χ3v) is 4.94. The second-order valence-corrected chi connectivity index (χ2v) is 5.99. The van der Waals surface area contributed by atoms with Gasteiger partial charge in [0.15, 0.2) is 0 Å². The molecule has 2 N–H and O–H groups in total. The molecule has 3 heterocycles. The van der Waals surface area contributed by atoms with Crippen molar-refractivity contribution in [1.82, 2.24) is 4.98 Å². The summed E-state index contributed by atoms with van der Waals surface area (Å²) in [7, 11) is 8.57. The zero-order valence-electron chi connectivity index (χ0n) is 10.6. The summed E-state index contributed by atoms with van der Waals surface area (Å²) in [6.45, 7) is 2.19. The summed E-state index contributed by atoms with van der Waals surface area (Å²) >= 11 is 0. The SMILES string of the molecule is [CH2-][NH+]1CC2=C(c3cnccc3[NH+]2[CH2-])C2(CCC2)C1. The van der Waals surface area contributed by atoms with Crippen LogP contribution in [0, 0.1) is 19.5 Å². The number of rotatable bonds is 0. The molecule has 0 amide bonds. The van der Waals surface area contributed by atoms with Crippen LogP contribution in [0.5, 0.6) is 0 Å². The molecule has 0 saturated heterocycles. The molecule has 2 unspecified atom stereocenters. The summed E-state index contributed by atoms with van der Waals surface area (Å²) in [5, 5.41) is 0. The highest BCUT2D eigenvalue weighted by Crippen LogP contribution is 2.53. The summed E-state index contributed by atoms with van der Waals surface area (Å²) < 4.78 is 0. The Morgan fingerprint density at radius 1 is 1.28 bits per heavy atom. The van der Waals surface area contributed by atoms with Crippen LogP contribution in [0.3, 0.4) is 0 Å². The highest BCUT2D eigenvalue weighted by molar-refractivity contribution is 5.81. The molecule has 3 nitrogen and oxygen atoms in total. The monoisotopic (exact) mass is 241 g/mol. The number of quaternary nitrogens is 2. The first-order valence-corrected chi connectivity index (χ1v) is 6.76. The van der Waals surface area contributed by atoms with E-state index in [-0.39, 0.29) is 0 Å². The van der Waals surface area contributed by atoms with Gasteiger partial charge in [-0.25, -0.2) is 0 Å². The number of hydrogen-bond donors (Lipinski definition) is 2. The molecule has 0 radical (unpaired) electrons. The fourth-order valence-corrected chi connectivity index (χ4v) is 4.04. The van der Waals surface area contributed by atoms with Gasteiger partial charge in [0.2, 0.25) is 0 Å². The van der Waals surface area contributed by atoms with Crippen molar-refractivity contribution in [1.29, 1.82) is 0 Å². The Morgan fingerprint density at radius 3 is 2.83 bits per heavy atom. The minimum atomic E-state index is 0.377. The highest BCUT2D eigenvalue weighted by Gasteiger charge is 2.52. The topological polar surface area (TPSA) is 21.8 Å². The minimum Gasteiger partial charge on any atom is -0.459 e. The Labute approximate surface area is 108 Å². The fraction of sp³-hybridized carbons (Fsp3) is 0.400. The number of hydrogen-bond acceptors (Lipinski definition) is 1. The van der Waals surface area contributed by atoms with E-state index in [0.29, 0.717) is 5.41 Å². The second-order valence-electron chi connectivity index (χ2n) is 5.99. The fourth-order valence-electron chi connectivity index (χ4n) is 4.04. The van der Waals surface area contributed by atoms with Crippen molar-refractivity contribution in [3.05, 3.63) is 43.8 Å². The van der Waals surface area contributed by atoms with E-state index in [1.807, 2.05) is 12.4 Å². The molecule has 0 aromatic carbocycles. The Bertz CT molecular complexity index is 542. The summed E-state index contributed by atoms with van der Waals surface area (Å²) in [5.41, 5.74) is 6.05. The summed E-state index contributed by atoms with van der Waals surface area (Å²) in [5.74, 6) is 0. The maximum Gasteiger partial charge on any atom is 0.144 e. The van der Waals surface area contributed by atoms with Gasteiger partial charge in [0.25, 0.3) is 0 Å². The van der Waals surface area contributed by atoms with Crippen LogP contribution >= 0.6 is 0 Å². The van der Waals surface area contributed by atoms with Crippen molar-refractivity contribution in [3.8, 4) is 0 Å². The molecule has 0 bridgehead atoms. The minimum absolute atomic E-state index is 0.377. The maximum absolute atomic E-state index is 4.33. The van der Waals surface area contributed by atoms with E-state index in [1.165, 1.54) is 52.6 Å². The van der Waals surface area contributed by atoms with Gasteiger partial charge in [-0.1, -0.05) is 6.42 Å². The average Bonchev–Trinajstić information content (AvgIpc) is 2.61. The van der Waals surface area contributed by atoms with Crippen LogP contribution < -0.4 is 9.80 Å². The molecular weight excluding hydrogens is 222 g/mol. The van der Waals surface area contributed by atoms with E-state index in [4.69, 9.17) is 0 Å². The zero-order valence-corrected chi connectivity index (χ0v) is 10.6. The molecule has 2 aliphatic heterocycles. The average molecular weight is 241 g/mol. The first kappa shape index (κ1) is 10.7. The lowest BCUT2D eigenvalue weighted by molar-refractivity contribution is -0.879. The van der Waals surface area contributed by atoms with Crippen molar-refractivity contribution in [2.75, 3.05) is 13.1 Å². The normalized spacial score (nSPS) is 32.1. The molecule has 1 aromatic rings. The molecule has 94 valence electrons. The molecular formula is C15H19N3. The number of nitrogens with zero attached hydrogens (tertiary/aromatic N) is 1. The summed E-state index contributed by atoms with van der Waals surface area (Å²) in [6, 6.07) is 2.12. The lowest BCUT2D eigenvalue weighted by Crippen LogP contribution is -3.14. The van der Waals surface area contributed by atoms with Crippen LogP contribution in [0.4, 0.5) is 5.69 Å². The van der Waals surface area contributed by atoms with Gasteiger partial charge in [-0.3, -0.25) is 4.98 Å². The Hall–Kier alpha value is -1.19. The van der Waals surface area contributed by atoms with Crippen LogP contribution in [0.15, 0.2) is 24.2 Å². The lowest BCUT2D eigenvalue weighted by Gasteiger charge is -2.48. The van der Waals surface area contributed by atoms with Gasteiger partial charge in [-0.15, -0.1) is 7.05 Å². The van der Waals surface area contributed by atoms with Gasteiger partial charge >= 0.3 is 0 Å². The highest BCUT2D eigenvalue weighted by atomic mass is 15.2. The van der Waals surface area contributed by atoms with Crippen molar-refractivity contribution < 1.29 is 9.80 Å². The zero-order chi connectivity index (χ0) is 12.3. The van der Waals surface area contributed by atoms with Crippen LogP contribution in [0.1, 0.15) is 24.8 Å². The van der Waals surface area contributed by atoms with E-state index >= 15 is 0 Å². The number of fused-ring (bicyclic) bond motifs is 3. The van der Waals surface area contributed by atoms with Gasteiger partial charge in [0.1, 0.15) is 17.9 Å². The Balaban J connectivity index is 1.93. The van der Waals surface area contributed by atoms with E-state index in [9.17, 15) is 0 Å². The Kier molecular flexibility index (Phi) is 2.04. The molecule has 1 saturated carbocycles. The van der Waals surface area contributed by atoms with Gasteiger partial charge in [0, 0.05) is 29.4 Å². The van der Waals surface area contributed by atoms with Crippen LogP contribution in [0.2, 0.25) is 0 Å². The van der Waals surface area contributed by atoms with Gasteiger partial charge in [-0.05, 0) is 12.8 Å². The van der Waals surface area contributed by atoms with E-state index in [2.05, 4.69) is 25.1 Å². The predicted octanol–water partition coefficient (Wildman–Crippen LogP) is -0.0253. The first-order chi connectivity index (χ1) is 8.71. The van der Waals surface area contributed by atoms with E-state index in [0.717, 1.165) is 6.54 Å². The van der Waals surface area contributed by atoms with Crippen molar-refractivity contribution in [3.63, 3.8) is 0 Å². The molecule has 2 atom stereocenters. The number of aromatic nitrogens is 1. The Morgan fingerprint density at radius 2 is 2.11 bits per heavy atom. The van der Waals surface area contributed by atoms with Gasteiger partial charge in [-0.2, -0.15) is 7.05 Å². The summed E-state index contributed by atoms with van der Waals surface area (Å²) in [4.78, 5) is 6.93. The maximum atomic E-state index is 4.33. The standard InChI is InChI=1S/C15H19N3/c1-17-9-13-14(15(10-17)5-3-6-15)11-8-16-7-4-12(11)18(13)2/h4,7-8,17-18H,1-3,5-6,9-10H2. The van der Waals surface area contributed by atoms with Crippen molar-refractivity contribution in [2.24, 2.45) is 5.41 Å². The van der Waals surface area contributed by atoms with Crippen molar-refractivity contribution >= 4 is 11.3 Å². The molecule has 1 aromatic heterocycles. The van der Waals surface area contributed by atoms with Gasteiger partial charge < -0.3 is 9.80 Å². The summed E-state index contributed by atoms with van der Waals surface area (Å²) in [6.07, 6.45) is 7.90. The van der Waals surface area contributed by atoms with Gasteiger partial charge in [0.05, 0.1) is 12.1 Å². The smallest absolute Gasteiger partial charge is 0.144 e. The molecule has 1 spiro atoms. The molecule has 3 aliphatic rings. The molecule has 18 heavy (non-hydrogen) atoms. The van der Waals surface area contributed by atoms with E-state index in [1.54, 1.807) is 5.57 Å². The van der Waals surface area contributed by atoms with E-state index < -0.39 is 0 Å². The second kappa shape index (κ2) is 3.43. The number of pyridine rings is 1. The van der Waals surface area contributed by atoms with Crippen LogP contribution in [-0.2, 0) is 0 Å². The lowest BCUT2D eigenvalue weighted by atomic mass is 9.61. The quantitative estimate of drug-likeness (QED) is 0.612. The molecule has 4 rings (SSSR count). The third kappa shape index (κ3) is 1.19. The van der Waals surface area contributed by atoms with Crippen LogP contribution in [0.25, 0.3) is 5.57 Å². The molecule has 3 heteroatoms. The molecule has 1 aliphatic carbocycles. The largest absolute Gasteiger partial charge is 0.459 e. The third-order valence-electron chi connectivity index (χ3n) is 4.94. The van der Waals surface area contributed by atoms with Crippen LogP contribution in [-0.4, -0.2) is 18.1 Å². The predicted molar refractivity (Wildman–Crippen MR) is 69.5 cm³/mol. The van der Waals surface area contributed by atoms with Crippen molar-refractivity contribution in [2.45, 2.75) is 19.3 Å².